The third kappa shape index (κ3) is 5.63. The number of hydrogen-bond acceptors (Lipinski definition) is 4. The average Bonchev–Trinajstić information content (AvgIpc) is 3.36. The molecule has 0 spiro atoms. The number of aromatic amines is 1. The molecule has 2 heterocycles. The SMILES string of the molecule is c1ccc(CNCc2ccc(CN(Cc3nc4ccccc4[nH]3)C3CCCc4cccnc43)cc2)cc1. The smallest absolute Gasteiger partial charge is 0.121 e. The molecule has 0 fully saturated rings. The first kappa shape index (κ1) is 23.6. The zero-order valence-electron chi connectivity index (χ0n) is 21.1. The van der Waals surface area contributed by atoms with Gasteiger partial charge in [0.15, 0.2) is 0 Å². The summed E-state index contributed by atoms with van der Waals surface area (Å²) < 4.78 is 0. The summed E-state index contributed by atoms with van der Waals surface area (Å²) in [5.74, 6) is 1.01. The topological polar surface area (TPSA) is 56.8 Å². The number of aromatic nitrogens is 3. The standard InChI is InChI=1S/C32H33N5/c1-2-8-24(9-3-1)20-33-21-25-15-17-26(18-16-25)22-37(23-31-35-28-12-4-5-13-29(28)36-31)30-14-6-10-27-11-7-19-34-32(27)30/h1-5,7-9,11-13,15-19,30,33H,6,10,14,20-23H2,(H,35,36). The van der Waals surface area contributed by atoms with Crippen molar-refractivity contribution < 1.29 is 0 Å². The largest absolute Gasteiger partial charge is 0.341 e. The van der Waals surface area contributed by atoms with E-state index in [9.17, 15) is 0 Å². The molecule has 2 aromatic heterocycles. The Morgan fingerprint density at radius 3 is 2.38 bits per heavy atom. The second kappa shape index (κ2) is 11.1. The summed E-state index contributed by atoms with van der Waals surface area (Å²) in [7, 11) is 0. The molecule has 3 aromatic carbocycles. The van der Waals surface area contributed by atoms with Crippen LogP contribution < -0.4 is 5.32 Å². The maximum atomic E-state index is 4.89. The lowest BCUT2D eigenvalue weighted by molar-refractivity contribution is 0.153. The number of para-hydroxylation sites is 2. The van der Waals surface area contributed by atoms with Gasteiger partial charge in [-0.25, -0.2) is 4.98 Å². The van der Waals surface area contributed by atoms with Gasteiger partial charge in [-0.05, 0) is 59.7 Å². The van der Waals surface area contributed by atoms with Crippen molar-refractivity contribution >= 4 is 11.0 Å². The summed E-state index contributed by atoms with van der Waals surface area (Å²) in [4.78, 5) is 15.8. The minimum absolute atomic E-state index is 0.283. The van der Waals surface area contributed by atoms with Gasteiger partial charge < -0.3 is 10.3 Å². The van der Waals surface area contributed by atoms with Crippen LogP contribution in [0.25, 0.3) is 11.0 Å². The number of benzene rings is 3. The Hall–Kier alpha value is -3.80. The predicted octanol–water partition coefficient (Wildman–Crippen LogP) is 6.33. The second-order valence-electron chi connectivity index (χ2n) is 9.97. The van der Waals surface area contributed by atoms with Crippen LogP contribution in [0.4, 0.5) is 0 Å². The van der Waals surface area contributed by atoms with Gasteiger partial charge in [-0.2, -0.15) is 0 Å². The summed E-state index contributed by atoms with van der Waals surface area (Å²) in [6, 6.07) is 32.4. The van der Waals surface area contributed by atoms with E-state index in [1.807, 2.05) is 12.3 Å². The highest BCUT2D eigenvalue weighted by atomic mass is 15.2. The Balaban J connectivity index is 1.19. The molecule has 1 atom stereocenters. The Labute approximate surface area is 218 Å². The summed E-state index contributed by atoms with van der Waals surface area (Å²) in [6.07, 6.45) is 5.36. The van der Waals surface area contributed by atoms with E-state index in [1.165, 1.54) is 34.4 Å². The summed E-state index contributed by atoms with van der Waals surface area (Å²) in [5, 5.41) is 3.56. The van der Waals surface area contributed by atoms with E-state index in [1.54, 1.807) is 0 Å². The summed E-state index contributed by atoms with van der Waals surface area (Å²) >= 11 is 0. The first-order chi connectivity index (χ1) is 18.3. The van der Waals surface area contributed by atoms with E-state index in [0.717, 1.165) is 55.9 Å². The Bertz CT molecular complexity index is 1410. The molecule has 1 unspecified atom stereocenters. The van der Waals surface area contributed by atoms with Crippen molar-refractivity contribution in [3.63, 3.8) is 0 Å². The van der Waals surface area contributed by atoms with Crippen LogP contribution in [0, 0.1) is 0 Å². The van der Waals surface area contributed by atoms with E-state index >= 15 is 0 Å². The molecule has 0 saturated carbocycles. The van der Waals surface area contributed by atoms with Crippen molar-refractivity contribution in [1.82, 2.24) is 25.2 Å². The van der Waals surface area contributed by atoms with E-state index in [0.29, 0.717) is 0 Å². The van der Waals surface area contributed by atoms with Crippen LogP contribution in [0.1, 0.15) is 52.7 Å². The molecular formula is C32H33N5. The zero-order valence-corrected chi connectivity index (χ0v) is 21.1. The maximum absolute atomic E-state index is 4.89. The number of imidazole rings is 1. The zero-order chi connectivity index (χ0) is 24.9. The van der Waals surface area contributed by atoms with Crippen molar-refractivity contribution in [1.29, 1.82) is 0 Å². The lowest BCUT2D eigenvalue weighted by Crippen LogP contribution is -2.31. The molecule has 5 heteroatoms. The third-order valence-electron chi connectivity index (χ3n) is 7.31. The van der Waals surface area contributed by atoms with Gasteiger partial charge in [-0.3, -0.25) is 9.88 Å². The molecular weight excluding hydrogens is 454 g/mol. The van der Waals surface area contributed by atoms with Crippen molar-refractivity contribution in [3.05, 3.63) is 131 Å². The van der Waals surface area contributed by atoms with Crippen molar-refractivity contribution in [2.45, 2.75) is 51.5 Å². The molecule has 0 radical (unpaired) electrons. The van der Waals surface area contributed by atoms with Gasteiger partial charge in [-0.15, -0.1) is 0 Å². The Kier molecular flexibility index (Phi) is 7.06. The fourth-order valence-corrected chi connectivity index (χ4v) is 5.43. The van der Waals surface area contributed by atoms with Crippen LogP contribution in [0.2, 0.25) is 0 Å². The highest BCUT2D eigenvalue weighted by Gasteiger charge is 2.28. The van der Waals surface area contributed by atoms with Crippen LogP contribution in [-0.4, -0.2) is 19.9 Å². The molecule has 0 aliphatic heterocycles. The van der Waals surface area contributed by atoms with Crippen LogP contribution in [0.5, 0.6) is 0 Å². The molecule has 2 N–H and O–H groups in total. The van der Waals surface area contributed by atoms with Crippen LogP contribution in [-0.2, 0) is 32.6 Å². The lowest BCUT2D eigenvalue weighted by Gasteiger charge is -2.34. The van der Waals surface area contributed by atoms with Gasteiger partial charge >= 0.3 is 0 Å². The van der Waals surface area contributed by atoms with Crippen molar-refractivity contribution in [3.8, 4) is 0 Å². The monoisotopic (exact) mass is 487 g/mol. The van der Waals surface area contributed by atoms with Gasteiger partial charge in [0, 0.05) is 25.8 Å². The van der Waals surface area contributed by atoms with E-state index < -0.39 is 0 Å². The highest BCUT2D eigenvalue weighted by molar-refractivity contribution is 5.74. The van der Waals surface area contributed by atoms with E-state index in [4.69, 9.17) is 9.97 Å². The molecule has 6 rings (SSSR count). The molecule has 186 valence electrons. The average molecular weight is 488 g/mol. The molecule has 0 amide bonds. The molecule has 5 nitrogen and oxygen atoms in total. The van der Waals surface area contributed by atoms with Crippen LogP contribution in [0.3, 0.4) is 0 Å². The molecule has 37 heavy (non-hydrogen) atoms. The van der Waals surface area contributed by atoms with Gasteiger partial charge in [0.2, 0.25) is 0 Å². The van der Waals surface area contributed by atoms with Crippen LogP contribution in [0.15, 0.2) is 97.2 Å². The number of nitrogens with zero attached hydrogens (tertiary/aromatic N) is 3. The van der Waals surface area contributed by atoms with Gasteiger partial charge in [-0.1, -0.05) is 72.8 Å². The molecule has 1 aliphatic rings. The maximum Gasteiger partial charge on any atom is 0.121 e. The number of aryl methyl sites for hydroxylation is 1. The summed E-state index contributed by atoms with van der Waals surface area (Å²) in [5.41, 5.74) is 8.64. The molecule has 0 saturated heterocycles. The Morgan fingerprint density at radius 2 is 1.54 bits per heavy atom. The number of rotatable bonds is 9. The van der Waals surface area contributed by atoms with Gasteiger partial charge in [0.05, 0.1) is 29.3 Å². The van der Waals surface area contributed by atoms with Crippen molar-refractivity contribution in [2.24, 2.45) is 0 Å². The minimum atomic E-state index is 0.283. The minimum Gasteiger partial charge on any atom is -0.341 e. The van der Waals surface area contributed by atoms with Gasteiger partial charge in [0.25, 0.3) is 0 Å². The first-order valence-electron chi connectivity index (χ1n) is 13.3. The number of hydrogen-bond donors (Lipinski definition) is 2. The van der Waals surface area contributed by atoms with E-state index in [2.05, 4.69) is 100 Å². The number of fused-ring (bicyclic) bond motifs is 2. The first-order valence-corrected chi connectivity index (χ1v) is 13.3. The number of nitrogens with one attached hydrogen (secondary N) is 2. The fourth-order valence-electron chi connectivity index (χ4n) is 5.43. The fraction of sp³-hybridized carbons (Fsp3) is 0.250. The second-order valence-corrected chi connectivity index (χ2v) is 9.97. The predicted molar refractivity (Wildman–Crippen MR) is 149 cm³/mol. The Morgan fingerprint density at radius 1 is 0.784 bits per heavy atom. The molecule has 0 bridgehead atoms. The quantitative estimate of drug-likeness (QED) is 0.255. The van der Waals surface area contributed by atoms with E-state index in [-0.39, 0.29) is 6.04 Å². The summed E-state index contributed by atoms with van der Waals surface area (Å²) in [6.45, 7) is 3.35. The van der Waals surface area contributed by atoms with Crippen LogP contribution >= 0.6 is 0 Å². The van der Waals surface area contributed by atoms with Crippen molar-refractivity contribution in [2.75, 3.05) is 0 Å². The normalized spacial score (nSPS) is 15.2. The van der Waals surface area contributed by atoms with Gasteiger partial charge in [0.1, 0.15) is 5.82 Å². The highest BCUT2D eigenvalue weighted by Crippen LogP contribution is 2.34. The number of H-pyrrole nitrogens is 1. The lowest BCUT2D eigenvalue weighted by atomic mass is 9.90. The number of pyridine rings is 1. The third-order valence-corrected chi connectivity index (χ3v) is 7.31. The molecule has 1 aliphatic carbocycles. The molecule has 5 aromatic rings.